The molecule has 1 N–H and O–H groups in total. The molecule has 0 saturated carbocycles. The zero-order valence-corrected chi connectivity index (χ0v) is 13.6. The predicted molar refractivity (Wildman–Crippen MR) is 88.5 cm³/mol. The number of thiazole rings is 1. The Labute approximate surface area is 133 Å². The Hall–Kier alpha value is -2.14. The lowest BCUT2D eigenvalue weighted by Crippen LogP contribution is -2.11. The zero-order chi connectivity index (χ0) is 15.9. The second kappa shape index (κ2) is 5.25. The lowest BCUT2D eigenvalue weighted by atomic mass is 9.93. The third-order valence-corrected chi connectivity index (χ3v) is 4.58. The van der Waals surface area contributed by atoms with E-state index < -0.39 is 5.97 Å². The number of nitrogens with zero attached hydrogens (tertiary/aromatic N) is 2. The van der Waals surface area contributed by atoms with Gasteiger partial charge >= 0.3 is 5.97 Å². The first-order chi connectivity index (χ1) is 10.4. The predicted octanol–water partition coefficient (Wildman–Crippen LogP) is 3.99. The Morgan fingerprint density at radius 1 is 1.27 bits per heavy atom. The van der Waals surface area contributed by atoms with Crippen molar-refractivity contribution >= 4 is 22.3 Å². The van der Waals surface area contributed by atoms with E-state index in [1.54, 1.807) is 0 Å². The molecule has 3 rings (SSSR count). The molecule has 5 heteroatoms. The van der Waals surface area contributed by atoms with Crippen molar-refractivity contribution in [2.45, 2.75) is 32.6 Å². The van der Waals surface area contributed by atoms with Gasteiger partial charge in [0.15, 0.2) is 4.96 Å². The van der Waals surface area contributed by atoms with Gasteiger partial charge < -0.3 is 5.11 Å². The van der Waals surface area contributed by atoms with Crippen LogP contribution in [0.1, 0.15) is 31.3 Å². The highest BCUT2D eigenvalue weighted by atomic mass is 32.1. The minimum Gasteiger partial charge on any atom is -0.481 e. The Balaban J connectivity index is 2.24. The Kier molecular flexibility index (Phi) is 3.53. The van der Waals surface area contributed by atoms with Crippen molar-refractivity contribution in [3.63, 3.8) is 0 Å². The number of rotatable bonds is 3. The van der Waals surface area contributed by atoms with Gasteiger partial charge in [-0.15, -0.1) is 11.3 Å². The zero-order valence-electron chi connectivity index (χ0n) is 12.8. The first kappa shape index (κ1) is 14.8. The lowest BCUT2D eigenvalue weighted by Gasteiger charge is -2.14. The number of carboxylic acids is 1. The van der Waals surface area contributed by atoms with E-state index in [0.29, 0.717) is 0 Å². The smallest absolute Gasteiger partial charge is 0.308 e. The minimum atomic E-state index is -0.822. The number of imidazole rings is 1. The number of fused-ring (bicyclic) bond motifs is 1. The van der Waals surface area contributed by atoms with Gasteiger partial charge in [-0.25, -0.2) is 4.98 Å². The van der Waals surface area contributed by atoms with Crippen molar-refractivity contribution in [2.24, 2.45) is 0 Å². The quantitative estimate of drug-likeness (QED) is 0.795. The molecule has 2 heterocycles. The summed E-state index contributed by atoms with van der Waals surface area (Å²) in [4.78, 5) is 17.5. The third kappa shape index (κ3) is 2.64. The molecule has 2 aromatic heterocycles. The highest BCUT2D eigenvalue weighted by molar-refractivity contribution is 7.17. The summed E-state index contributed by atoms with van der Waals surface area (Å²) in [5, 5.41) is 9.16. The fourth-order valence-corrected chi connectivity index (χ4v) is 3.52. The van der Waals surface area contributed by atoms with Crippen molar-refractivity contribution in [3.8, 4) is 11.3 Å². The van der Waals surface area contributed by atoms with Crippen LogP contribution in [0.25, 0.3) is 16.2 Å². The van der Waals surface area contributed by atoms with Gasteiger partial charge in [0.2, 0.25) is 0 Å². The summed E-state index contributed by atoms with van der Waals surface area (Å²) in [5.41, 5.74) is 2.93. The van der Waals surface area contributed by atoms with E-state index in [9.17, 15) is 4.79 Å². The van der Waals surface area contributed by atoms with Crippen LogP contribution in [0, 0.1) is 0 Å². The van der Waals surface area contributed by atoms with Crippen molar-refractivity contribution in [1.82, 2.24) is 9.38 Å². The van der Waals surface area contributed by atoms with Crippen LogP contribution in [-0.2, 0) is 16.6 Å². The van der Waals surface area contributed by atoms with E-state index >= 15 is 0 Å². The molecular formula is C17H18N2O2S. The van der Waals surface area contributed by atoms with E-state index in [1.807, 2.05) is 40.9 Å². The standard InChI is InChI=1S/C17H18N2O2S/c1-17(2,3)13-10-19-15(11-7-5-4-6-8-11)12(9-14(20)21)22-16(19)18-13/h4-8,10H,9H2,1-3H3,(H,20,21). The SMILES string of the molecule is CC(C)(C)c1cn2c(-c3ccccc3)c(CC(=O)O)sc2n1. The third-order valence-electron chi connectivity index (χ3n) is 3.52. The maximum Gasteiger partial charge on any atom is 0.308 e. The second-order valence-corrected chi connectivity index (χ2v) is 7.40. The highest BCUT2D eigenvalue weighted by Crippen LogP contribution is 2.34. The van der Waals surface area contributed by atoms with Gasteiger partial charge in [0, 0.05) is 16.5 Å². The molecule has 22 heavy (non-hydrogen) atoms. The second-order valence-electron chi connectivity index (χ2n) is 6.34. The van der Waals surface area contributed by atoms with Crippen LogP contribution < -0.4 is 0 Å². The molecule has 0 radical (unpaired) electrons. The summed E-state index contributed by atoms with van der Waals surface area (Å²) in [6.07, 6.45) is 2.04. The fraction of sp³-hybridized carbons (Fsp3) is 0.294. The van der Waals surface area contributed by atoms with Crippen molar-refractivity contribution < 1.29 is 9.90 Å². The van der Waals surface area contributed by atoms with E-state index in [1.165, 1.54) is 11.3 Å². The molecule has 0 aliphatic rings. The van der Waals surface area contributed by atoms with Crippen molar-refractivity contribution in [3.05, 3.63) is 47.1 Å². The molecule has 0 fully saturated rings. The van der Waals surface area contributed by atoms with Gasteiger partial charge in [-0.2, -0.15) is 0 Å². The molecule has 114 valence electrons. The molecule has 0 bridgehead atoms. The largest absolute Gasteiger partial charge is 0.481 e. The van der Waals surface area contributed by atoms with E-state index in [2.05, 4.69) is 25.8 Å². The molecule has 0 aliphatic heterocycles. The monoisotopic (exact) mass is 314 g/mol. The van der Waals surface area contributed by atoms with Crippen molar-refractivity contribution in [1.29, 1.82) is 0 Å². The lowest BCUT2D eigenvalue weighted by molar-refractivity contribution is -0.136. The Morgan fingerprint density at radius 3 is 2.55 bits per heavy atom. The van der Waals surface area contributed by atoms with Crippen LogP contribution in [0.2, 0.25) is 0 Å². The molecule has 0 saturated heterocycles. The molecule has 0 unspecified atom stereocenters. The van der Waals surface area contributed by atoms with Crippen LogP contribution in [0.3, 0.4) is 0 Å². The number of aromatic nitrogens is 2. The average molecular weight is 314 g/mol. The maximum atomic E-state index is 11.2. The number of carbonyl (C=O) groups is 1. The van der Waals surface area contributed by atoms with Gasteiger partial charge in [-0.05, 0) is 5.56 Å². The van der Waals surface area contributed by atoms with Gasteiger partial charge in [-0.3, -0.25) is 9.20 Å². The van der Waals surface area contributed by atoms with Crippen LogP contribution in [0.4, 0.5) is 0 Å². The van der Waals surface area contributed by atoms with E-state index in [0.717, 1.165) is 26.8 Å². The highest BCUT2D eigenvalue weighted by Gasteiger charge is 2.22. The summed E-state index contributed by atoms with van der Waals surface area (Å²) in [6, 6.07) is 9.89. The van der Waals surface area contributed by atoms with Crippen LogP contribution in [0.15, 0.2) is 36.5 Å². The first-order valence-corrected chi connectivity index (χ1v) is 7.96. The molecular weight excluding hydrogens is 296 g/mol. The molecule has 1 aromatic carbocycles. The van der Waals surface area contributed by atoms with Gasteiger partial charge in [0.25, 0.3) is 0 Å². The summed E-state index contributed by atoms with van der Waals surface area (Å²) in [5.74, 6) is -0.822. The number of carboxylic acid groups (broad SMARTS) is 1. The number of hydrogen-bond acceptors (Lipinski definition) is 3. The first-order valence-electron chi connectivity index (χ1n) is 7.15. The average Bonchev–Trinajstić information content (AvgIpc) is 2.95. The van der Waals surface area contributed by atoms with Gasteiger partial charge in [-0.1, -0.05) is 51.1 Å². The Bertz CT molecular complexity index is 826. The molecule has 0 atom stereocenters. The van der Waals surface area contributed by atoms with E-state index in [4.69, 9.17) is 5.11 Å². The topological polar surface area (TPSA) is 54.6 Å². The molecule has 4 nitrogen and oxygen atoms in total. The van der Waals surface area contributed by atoms with Gasteiger partial charge in [0.1, 0.15) is 0 Å². The van der Waals surface area contributed by atoms with Crippen LogP contribution >= 0.6 is 11.3 Å². The molecule has 0 aliphatic carbocycles. The number of hydrogen-bond donors (Lipinski definition) is 1. The van der Waals surface area contributed by atoms with Crippen LogP contribution in [0.5, 0.6) is 0 Å². The summed E-state index contributed by atoms with van der Waals surface area (Å²) in [6.45, 7) is 6.37. The molecule has 3 aromatic rings. The summed E-state index contributed by atoms with van der Waals surface area (Å²) < 4.78 is 2.03. The van der Waals surface area contributed by atoms with Gasteiger partial charge in [0.05, 0.1) is 17.8 Å². The van der Waals surface area contributed by atoms with Crippen LogP contribution in [-0.4, -0.2) is 20.5 Å². The molecule has 0 amide bonds. The van der Waals surface area contributed by atoms with Crippen molar-refractivity contribution in [2.75, 3.05) is 0 Å². The normalized spacial score (nSPS) is 12.0. The molecule has 0 spiro atoms. The fourth-order valence-electron chi connectivity index (χ4n) is 2.40. The van der Waals surface area contributed by atoms with E-state index in [-0.39, 0.29) is 11.8 Å². The minimum absolute atomic E-state index is 0.0170. The maximum absolute atomic E-state index is 11.2. The number of aliphatic carboxylic acids is 1. The summed E-state index contributed by atoms with van der Waals surface area (Å²) in [7, 11) is 0. The summed E-state index contributed by atoms with van der Waals surface area (Å²) >= 11 is 1.46. The Morgan fingerprint density at radius 2 is 1.95 bits per heavy atom. The number of benzene rings is 1.